The number of nitrogen functional groups attached to an aromatic ring is 1. The molecule has 0 atom stereocenters. The first-order valence-corrected chi connectivity index (χ1v) is 11.2. The number of carbonyl (C=O) groups is 1. The van der Waals surface area contributed by atoms with E-state index < -0.39 is 0 Å². The summed E-state index contributed by atoms with van der Waals surface area (Å²) in [6, 6.07) is 7.51. The minimum atomic E-state index is -0.247. The predicted octanol–water partition coefficient (Wildman–Crippen LogP) is 4.29. The predicted molar refractivity (Wildman–Crippen MR) is 127 cm³/mol. The summed E-state index contributed by atoms with van der Waals surface area (Å²) in [6.07, 6.45) is 3.19. The number of aryl methyl sites for hydroxylation is 1. The van der Waals surface area contributed by atoms with Crippen LogP contribution in [0.5, 0.6) is 0 Å². The van der Waals surface area contributed by atoms with Crippen LogP contribution in [0.2, 0.25) is 5.02 Å². The van der Waals surface area contributed by atoms with E-state index >= 15 is 0 Å². The standard InChI is InChI=1S/C23H27ClN6O2/c1-3-4-11-32-23(31)30-9-7-29(8-10-30)22-17-12-18(24)16(13-19(17)26-14-27-22)21-15(2)5-6-20(25)28-21/h5-6,12-14H,3-4,7-11H2,1-2H3,(H2,25,28). The van der Waals surface area contributed by atoms with Crippen LogP contribution in [0.1, 0.15) is 25.3 Å². The van der Waals surface area contributed by atoms with Gasteiger partial charge in [0.1, 0.15) is 18.0 Å². The molecule has 1 fully saturated rings. The van der Waals surface area contributed by atoms with E-state index in [-0.39, 0.29) is 6.09 Å². The lowest BCUT2D eigenvalue weighted by atomic mass is 10.0. The average Bonchev–Trinajstić information content (AvgIpc) is 2.80. The number of amides is 1. The third-order valence-corrected chi connectivity index (χ3v) is 5.95. The van der Waals surface area contributed by atoms with Gasteiger partial charge in [-0.25, -0.2) is 19.7 Å². The lowest BCUT2D eigenvalue weighted by Gasteiger charge is -2.35. The number of halogens is 1. The van der Waals surface area contributed by atoms with Crippen molar-refractivity contribution in [2.75, 3.05) is 43.4 Å². The van der Waals surface area contributed by atoms with Gasteiger partial charge in [0.25, 0.3) is 0 Å². The first-order chi connectivity index (χ1) is 15.5. The van der Waals surface area contributed by atoms with Crippen molar-refractivity contribution in [2.24, 2.45) is 0 Å². The highest BCUT2D eigenvalue weighted by atomic mass is 35.5. The Morgan fingerprint density at radius 3 is 2.72 bits per heavy atom. The maximum Gasteiger partial charge on any atom is 0.409 e. The highest BCUT2D eigenvalue weighted by Gasteiger charge is 2.24. The summed E-state index contributed by atoms with van der Waals surface area (Å²) in [7, 11) is 0. The molecule has 3 heterocycles. The highest BCUT2D eigenvalue weighted by Crippen LogP contribution is 2.35. The topological polar surface area (TPSA) is 97.5 Å². The molecule has 0 bridgehead atoms. The van der Waals surface area contributed by atoms with Gasteiger partial charge < -0.3 is 20.3 Å². The molecular formula is C23H27ClN6O2. The smallest absolute Gasteiger partial charge is 0.409 e. The van der Waals surface area contributed by atoms with Crippen molar-refractivity contribution < 1.29 is 9.53 Å². The number of fused-ring (bicyclic) bond motifs is 1. The van der Waals surface area contributed by atoms with Crippen molar-refractivity contribution in [1.29, 1.82) is 0 Å². The highest BCUT2D eigenvalue weighted by molar-refractivity contribution is 6.34. The van der Waals surface area contributed by atoms with E-state index in [1.165, 1.54) is 0 Å². The Hall–Kier alpha value is -3.13. The largest absolute Gasteiger partial charge is 0.449 e. The molecule has 0 saturated carbocycles. The van der Waals surface area contributed by atoms with Gasteiger partial charge in [0.15, 0.2) is 0 Å². The zero-order valence-corrected chi connectivity index (χ0v) is 19.1. The number of pyridine rings is 1. The molecule has 1 amide bonds. The summed E-state index contributed by atoms with van der Waals surface area (Å²) in [5.41, 5.74) is 9.18. The van der Waals surface area contributed by atoms with Crippen molar-refractivity contribution in [1.82, 2.24) is 19.9 Å². The fraction of sp³-hybridized carbons (Fsp3) is 0.391. The van der Waals surface area contributed by atoms with E-state index in [1.54, 1.807) is 17.3 Å². The van der Waals surface area contributed by atoms with Crippen LogP contribution in [0.25, 0.3) is 22.2 Å². The molecule has 1 saturated heterocycles. The van der Waals surface area contributed by atoms with Crippen LogP contribution < -0.4 is 10.6 Å². The molecule has 3 aromatic rings. The first kappa shape index (κ1) is 22.1. The van der Waals surface area contributed by atoms with Gasteiger partial charge in [0.05, 0.1) is 22.8 Å². The lowest BCUT2D eigenvalue weighted by Crippen LogP contribution is -2.49. The molecule has 0 unspecified atom stereocenters. The summed E-state index contributed by atoms with van der Waals surface area (Å²) in [5.74, 6) is 1.25. The minimum Gasteiger partial charge on any atom is -0.449 e. The first-order valence-electron chi connectivity index (χ1n) is 10.8. The molecular weight excluding hydrogens is 428 g/mol. The summed E-state index contributed by atoms with van der Waals surface area (Å²) in [4.78, 5) is 29.6. The number of nitrogens with two attached hydrogens (primary N) is 1. The Bertz CT molecular complexity index is 1130. The van der Waals surface area contributed by atoms with Gasteiger partial charge >= 0.3 is 6.09 Å². The van der Waals surface area contributed by atoms with E-state index in [1.807, 2.05) is 25.1 Å². The molecule has 9 heteroatoms. The Kier molecular flexibility index (Phi) is 6.60. The zero-order valence-electron chi connectivity index (χ0n) is 18.3. The van der Waals surface area contributed by atoms with Crippen LogP contribution in [0, 0.1) is 6.92 Å². The zero-order chi connectivity index (χ0) is 22.7. The number of nitrogens with zero attached hydrogens (tertiary/aromatic N) is 5. The molecule has 0 radical (unpaired) electrons. The fourth-order valence-electron chi connectivity index (χ4n) is 3.81. The number of carbonyl (C=O) groups excluding carboxylic acids is 1. The molecule has 0 aliphatic carbocycles. The van der Waals surface area contributed by atoms with Gasteiger partial charge in [-0.15, -0.1) is 0 Å². The van der Waals surface area contributed by atoms with Crippen LogP contribution >= 0.6 is 11.6 Å². The number of benzene rings is 1. The van der Waals surface area contributed by atoms with E-state index in [9.17, 15) is 4.79 Å². The second-order valence-electron chi connectivity index (χ2n) is 7.89. The van der Waals surface area contributed by atoms with Crippen molar-refractivity contribution in [2.45, 2.75) is 26.7 Å². The SMILES string of the molecule is CCCCOC(=O)N1CCN(c2ncnc3cc(-c4nc(N)ccc4C)c(Cl)cc23)CC1. The fourth-order valence-corrected chi connectivity index (χ4v) is 4.06. The number of aromatic nitrogens is 3. The molecule has 32 heavy (non-hydrogen) atoms. The normalized spacial score (nSPS) is 14.1. The summed E-state index contributed by atoms with van der Waals surface area (Å²) < 4.78 is 5.33. The van der Waals surface area contributed by atoms with Gasteiger partial charge in [-0.3, -0.25) is 0 Å². The number of piperazine rings is 1. The maximum absolute atomic E-state index is 12.2. The third kappa shape index (κ3) is 4.55. The number of hydrogen-bond acceptors (Lipinski definition) is 7. The molecule has 1 aliphatic rings. The van der Waals surface area contributed by atoms with Crippen LogP contribution in [0.15, 0.2) is 30.6 Å². The van der Waals surface area contributed by atoms with Crippen LogP contribution in [0.4, 0.5) is 16.4 Å². The molecule has 1 aliphatic heterocycles. The molecule has 4 rings (SSSR count). The second kappa shape index (κ2) is 9.56. The summed E-state index contributed by atoms with van der Waals surface area (Å²) >= 11 is 6.67. The van der Waals surface area contributed by atoms with Crippen LogP contribution in [-0.4, -0.2) is 58.7 Å². The summed E-state index contributed by atoms with van der Waals surface area (Å²) in [5, 5.41) is 1.43. The van der Waals surface area contributed by atoms with Crippen molar-refractivity contribution in [3.63, 3.8) is 0 Å². The number of anilines is 2. The molecule has 0 spiro atoms. The number of rotatable bonds is 5. The monoisotopic (exact) mass is 454 g/mol. The Morgan fingerprint density at radius 2 is 1.97 bits per heavy atom. The van der Waals surface area contributed by atoms with Crippen molar-refractivity contribution in [3.05, 3.63) is 41.2 Å². The van der Waals surface area contributed by atoms with Gasteiger partial charge in [-0.05, 0) is 37.1 Å². The van der Waals surface area contributed by atoms with Crippen molar-refractivity contribution in [3.8, 4) is 11.3 Å². The van der Waals surface area contributed by atoms with E-state index in [2.05, 4.69) is 26.8 Å². The second-order valence-corrected chi connectivity index (χ2v) is 8.30. The third-order valence-electron chi connectivity index (χ3n) is 5.64. The van der Waals surface area contributed by atoms with Crippen LogP contribution in [0.3, 0.4) is 0 Å². The van der Waals surface area contributed by atoms with Gasteiger partial charge in [0.2, 0.25) is 0 Å². The van der Waals surface area contributed by atoms with E-state index in [0.717, 1.165) is 46.4 Å². The number of unbranched alkanes of at least 4 members (excludes halogenated alkanes) is 1. The maximum atomic E-state index is 12.2. The Morgan fingerprint density at radius 1 is 1.19 bits per heavy atom. The van der Waals surface area contributed by atoms with Gasteiger partial charge in [0, 0.05) is 37.1 Å². The molecule has 2 aromatic heterocycles. The van der Waals surface area contributed by atoms with E-state index in [0.29, 0.717) is 43.6 Å². The molecule has 168 valence electrons. The quantitative estimate of drug-likeness (QED) is 0.574. The molecule has 1 aromatic carbocycles. The van der Waals surface area contributed by atoms with Gasteiger partial charge in [-0.1, -0.05) is 31.0 Å². The van der Waals surface area contributed by atoms with Crippen molar-refractivity contribution >= 4 is 40.2 Å². The molecule has 8 nitrogen and oxygen atoms in total. The number of hydrogen-bond donors (Lipinski definition) is 1. The van der Waals surface area contributed by atoms with E-state index in [4.69, 9.17) is 22.1 Å². The summed E-state index contributed by atoms with van der Waals surface area (Å²) in [6.45, 7) is 6.98. The van der Waals surface area contributed by atoms with Gasteiger partial charge in [-0.2, -0.15) is 0 Å². The minimum absolute atomic E-state index is 0.247. The lowest BCUT2D eigenvalue weighted by molar-refractivity contribution is 0.0989. The average molecular weight is 455 g/mol. The Labute approximate surface area is 192 Å². The molecule has 2 N–H and O–H groups in total. The van der Waals surface area contributed by atoms with Crippen LogP contribution in [-0.2, 0) is 4.74 Å². The Balaban J connectivity index is 1.57. The number of ether oxygens (including phenoxy) is 1.